The second kappa shape index (κ2) is 13.4. The van der Waals surface area contributed by atoms with Crippen LogP contribution in [0.5, 0.6) is 0 Å². The second-order valence-corrected chi connectivity index (χ2v) is 13.1. The van der Waals surface area contributed by atoms with Gasteiger partial charge in [0.25, 0.3) is 0 Å². The molecule has 0 bridgehead atoms. The summed E-state index contributed by atoms with van der Waals surface area (Å²) >= 11 is 0. The summed E-state index contributed by atoms with van der Waals surface area (Å²) in [7, 11) is 0. The maximum atomic E-state index is 13.5. The van der Waals surface area contributed by atoms with Crippen LogP contribution in [0.25, 0.3) is 0 Å². The van der Waals surface area contributed by atoms with Crippen LogP contribution >= 0.6 is 0 Å². The molecule has 2 aliphatic heterocycles. The van der Waals surface area contributed by atoms with Crippen molar-refractivity contribution in [3.63, 3.8) is 0 Å². The average molecular weight is 624 g/mol. The van der Waals surface area contributed by atoms with Gasteiger partial charge in [0.2, 0.25) is 5.91 Å². The SMILES string of the molecule is Cc1ccc([C@@]2(CCN3CCN(C4CCCCC4)CC3)CCCN(C(=O)Cc3cc(C(F)(F)F)cc(C(F)(F)F)c3)C2)cc1. The fourth-order valence-corrected chi connectivity index (χ4v) is 7.41. The number of carbonyl (C=O) groups excluding carboxylic acids is 1. The lowest BCUT2D eigenvalue weighted by Gasteiger charge is -2.46. The van der Waals surface area contributed by atoms with Crippen molar-refractivity contribution in [1.82, 2.24) is 14.7 Å². The molecule has 2 saturated heterocycles. The maximum Gasteiger partial charge on any atom is 0.416 e. The summed E-state index contributed by atoms with van der Waals surface area (Å²) in [5.74, 6) is -0.449. The quantitative estimate of drug-likeness (QED) is 0.300. The maximum absolute atomic E-state index is 13.5. The van der Waals surface area contributed by atoms with E-state index < -0.39 is 35.8 Å². The number of benzene rings is 2. The number of hydrogen-bond donors (Lipinski definition) is 0. The number of piperazine rings is 1. The highest BCUT2D eigenvalue weighted by Crippen LogP contribution is 2.39. The van der Waals surface area contributed by atoms with Gasteiger partial charge in [-0.05, 0) is 74.9 Å². The largest absolute Gasteiger partial charge is 0.416 e. The van der Waals surface area contributed by atoms with Crippen LogP contribution in [0.1, 0.15) is 79.2 Å². The molecule has 44 heavy (non-hydrogen) atoms. The fourth-order valence-electron chi connectivity index (χ4n) is 7.41. The van der Waals surface area contributed by atoms with E-state index in [0.29, 0.717) is 37.7 Å². The highest BCUT2D eigenvalue weighted by atomic mass is 19.4. The van der Waals surface area contributed by atoms with Crippen LogP contribution in [0.15, 0.2) is 42.5 Å². The van der Waals surface area contributed by atoms with Gasteiger partial charge in [0.1, 0.15) is 0 Å². The number of rotatable bonds is 7. The third kappa shape index (κ3) is 7.97. The molecule has 2 aromatic carbocycles. The monoisotopic (exact) mass is 623 g/mol. The van der Waals surface area contributed by atoms with Crippen LogP contribution in [0.2, 0.25) is 0 Å². The van der Waals surface area contributed by atoms with Crippen LogP contribution in [0, 0.1) is 6.92 Å². The number of piperidine rings is 1. The van der Waals surface area contributed by atoms with Crippen molar-refractivity contribution in [3.8, 4) is 0 Å². The molecule has 3 aliphatic rings. The van der Waals surface area contributed by atoms with Crippen LogP contribution < -0.4 is 0 Å². The van der Waals surface area contributed by atoms with Crippen molar-refractivity contribution in [2.24, 2.45) is 0 Å². The Morgan fingerprint density at radius 1 is 0.818 bits per heavy atom. The molecule has 1 aliphatic carbocycles. The summed E-state index contributed by atoms with van der Waals surface area (Å²) in [6.45, 7) is 7.83. The van der Waals surface area contributed by atoms with Crippen molar-refractivity contribution in [3.05, 3.63) is 70.3 Å². The molecule has 10 heteroatoms. The first-order valence-electron chi connectivity index (χ1n) is 15.9. The van der Waals surface area contributed by atoms with Gasteiger partial charge in [0.15, 0.2) is 0 Å². The van der Waals surface area contributed by atoms with E-state index >= 15 is 0 Å². The van der Waals surface area contributed by atoms with Gasteiger partial charge in [0, 0.05) is 50.7 Å². The molecule has 0 radical (unpaired) electrons. The average Bonchev–Trinajstić information content (AvgIpc) is 3.00. The Labute approximate surface area is 256 Å². The molecule has 3 fully saturated rings. The number of halogens is 6. The molecular formula is C34H43F6N3O. The topological polar surface area (TPSA) is 26.8 Å². The number of alkyl halides is 6. The molecule has 0 unspecified atom stereocenters. The Kier molecular flexibility index (Phi) is 10.00. The van der Waals surface area contributed by atoms with E-state index in [1.165, 1.54) is 32.1 Å². The molecule has 0 aromatic heterocycles. The Balaban J connectivity index is 1.30. The summed E-state index contributed by atoms with van der Waals surface area (Å²) in [5.41, 5.74) is -1.17. The zero-order valence-electron chi connectivity index (χ0n) is 25.5. The Hall–Kier alpha value is -2.59. The van der Waals surface area contributed by atoms with Gasteiger partial charge in [-0.1, -0.05) is 49.1 Å². The first kappa shape index (κ1) is 32.8. The Morgan fingerprint density at radius 3 is 2.02 bits per heavy atom. The summed E-state index contributed by atoms with van der Waals surface area (Å²) in [5, 5.41) is 0. The Morgan fingerprint density at radius 2 is 1.43 bits per heavy atom. The molecule has 1 atom stereocenters. The fraction of sp³-hybridized carbons (Fsp3) is 0.618. The summed E-state index contributed by atoms with van der Waals surface area (Å²) in [6, 6.07) is 10.5. The molecule has 2 heterocycles. The van der Waals surface area contributed by atoms with E-state index in [9.17, 15) is 31.1 Å². The van der Waals surface area contributed by atoms with Gasteiger partial charge >= 0.3 is 12.4 Å². The first-order chi connectivity index (χ1) is 20.8. The number of hydrogen-bond acceptors (Lipinski definition) is 3. The standard InChI is InChI=1S/C34H43F6N3O/c1-25-8-10-27(11-9-25)32(13-15-41-16-18-42(19-17-41)30-6-3-2-4-7-30)12-5-14-43(24-32)31(44)22-26-20-28(33(35,36)37)23-29(21-26)34(38,39)40/h8-11,20-21,23,30H,2-7,12-19,22,24H2,1H3/t32-/m1/s1. The highest BCUT2D eigenvalue weighted by molar-refractivity contribution is 5.79. The normalized spacial score (nSPS) is 23.2. The van der Waals surface area contributed by atoms with Crippen molar-refractivity contribution < 1.29 is 31.1 Å². The molecule has 1 amide bonds. The molecular weight excluding hydrogens is 580 g/mol. The lowest BCUT2D eigenvalue weighted by molar-refractivity contribution is -0.143. The molecule has 2 aromatic rings. The summed E-state index contributed by atoms with van der Waals surface area (Å²) in [4.78, 5) is 20.3. The molecule has 0 spiro atoms. The minimum atomic E-state index is -4.95. The van der Waals surface area contributed by atoms with Crippen LogP contribution in [0.3, 0.4) is 0 Å². The van der Waals surface area contributed by atoms with E-state index in [4.69, 9.17) is 0 Å². The zero-order valence-corrected chi connectivity index (χ0v) is 25.5. The second-order valence-electron chi connectivity index (χ2n) is 13.1. The lowest BCUT2D eigenvalue weighted by Crippen LogP contribution is -2.53. The van der Waals surface area contributed by atoms with Gasteiger partial charge in [-0.15, -0.1) is 0 Å². The van der Waals surface area contributed by atoms with Crippen LogP contribution in [-0.4, -0.2) is 72.5 Å². The predicted octanol–water partition coefficient (Wildman–Crippen LogP) is 7.48. The van der Waals surface area contributed by atoms with Gasteiger partial charge in [-0.2, -0.15) is 26.3 Å². The minimum absolute atomic E-state index is 0.103. The van der Waals surface area contributed by atoms with E-state index in [2.05, 4.69) is 34.1 Å². The molecule has 242 valence electrons. The molecule has 1 saturated carbocycles. The van der Waals surface area contributed by atoms with Crippen LogP contribution in [0.4, 0.5) is 26.3 Å². The van der Waals surface area contributed by atoms with Gasteiger partial charge in [-0.25, -0.2) is 0 Å². The van der Waals surface area contributed by atoms with Crippen molar-refractivity contribution in [2.45, 2.75) is 88.5 Å². The summed E-state index contributed by atoms with van der Waals surface area (Å²) < 4.78 is 80.6. The zero-order chi connectivity index (χ0) is 31.5. The minimum Gasteiger partial charge on any atom is -0.342 e. The van der Waals surface area contributed by atoms with Crippen LogP contribution in [-0.2, 0) is 29.0 Å². The van der Waals surface area contributed by atoms with Crippen molar-refractivity contribution in [2.75, 3.05) is 45.8 Å². The number of carbonyl (C=O) groups is 1. The van der Waals surface area contributed by atoms with E-state index in [1.54, 1.807) is 4.90 Å². The van der Waals surface area contributed by atoms with Gasteiger partial charge in [0.05, 0.1) is 17.5 Å². The number of nitrogens with zero attached hydrogens (tertiary/aromatic N) is 3. The van der Waals surface area contributed by atoms with Gasteiger partial charge in [-0.3, -0.25) is 9.69 Å². The van der Waals surface area contributed by atoms with Crippen molar-refractivity contribution >= 4 is 5.91 Å². The number of likely N-dealkylation sites (tertiary alicyclic amines) is 1. The summed E-state index contributed by atoms with van der Waals surface area (Å²) in [6.07, 6.45) is -1.46. The molecule has 0 N–H and O–H groups in total. The predicted molar refractivity (Wildman–Crippen MR) is 158 cm³/mol. The lowest BCUT2D eigenvalue weighted by atomic mass is 9.71. The Bertz CT molecular complexity index is 1230. The van der Waals surface area contributed by atoms with E-state index in [1.807, 2.05) is 6.92 Å². The highest BCUT2D eigenvalue weighted by Gasteiger charge is 2.40. The third-order valence-electron chi connectivity index (χ3n) is 10.0. The number of aryl methyl sites for hydroxylation is 1. The number of amides is 1. The molecule has 5 rings (SSSR count). The molecule has 4 nitrogen and oxygen atoms in total. The van der Waals surface area contributed by atoms with E-state index in [-0.39, 0.29) is 17.0 Å². The van der Waals surface area contributed by atoms with Crippen molar-refractivity contribution in [1.29, 1.82) is 0 Å². The smallest absolute Gasteiger partial charge is 0.342 e. The first-order valence-corrected chi connectivity index (χ1v) is 15.9. The third-order valence-corrected chi connectivity index (χ3v) is 10.0. The van der Waals surface area contributed by atoms with E-state index in [0.717, 1.165) is 56.7 Å². The van der Waals surface area contributed by atoms with Gasteiger partial charge < -0.3 is 9.80 Å².